The van der Waals surface area contributed by atoms with Crippen LogP contribution in [0.1, 0.15) is 27.6 Å². The molecule has 0 radical (unpaired) electrons. The van der Waals surface area contributed by atoms with Crippen molar-refractivity contribution in [2.75, 3.05) is 48.5 Å². The summed E-state index contributed by atoms with van der Waals surface area (Å²) >= 11 is 2.65. The van der Waals surface area contributed by atoms with Crippen LogP contribution in [0.3, 0.4) is 0 Å². The predicted molar refractivity (Wildman–Crippen MR) is 143 cm³/mol. The molecule has 0 aliphatic carbocycles. The highest BCUT2D eigenvalue weighted by molar-refractivity contribution is 7.99. The van der Waals surface area contributed by atoms with E-state index in [0.717, 1.165) is 21.8 Å². The van der Waals surface area contributed by atoms with Crippen LogP contribution in [0.15, 0.2) is 54.6 Å². The second-order valence-electron chi connectivity index (χ2n) is 7.53. The Labute approximate surface area is 212 Å². The Hall–Kier alpha value is -3.50. The van der Waals surface area contributed by atoms with Gasteiger partial charge in [0.2, 0.25) is 0 Å². The molecule has 1 heterocycles. The van der Waals surface area contributed by atoms with Crippen LogP contribution in [0.4, 0.5) is 16.4 Å². The quantitative estimate of drug-likeness (QED) is 0.284. The Morgan fingerprint density at radius 1 is 1.00 bits per heavy atom. The third kappa shape index (κ3) is 7.00. The maximum atomic E-state index is 12.6. The second kappa shape index (κ2) is 12.3. The van der Waals surface area contributed by atoms with Crippen LogP contribution in [0, 0.1) is 0 Å². The standard InChI is InChI=1S/C25H27N3O5S2/c1-5-32-25(31)20-14-21(16-9-11-19(12-10-16)28(2)3)35-23(20)26-22(29)15-33-24(30)17-7-6-8-18(13-17)27-34-4/h6-14,27H,5,15H2,1-4H3,(H,26,29). The molecule has 0 fully saturated rings. The zero-order chi connectivity index (χ0) is 25.4. The zero-order valence-corrected chi connectivity index (χ0v) is 21.5. The third-order valence-electron chi connectivity index (χ3n) is 4.80. The molecule has 0 saturated heterocycles. The van der Waals surface area contributed by atoms with Crippen molar-refractivity contribution in [1.29, 1.82) is 0 Å². The SMILES string of the molecule is CCOC(=O)c1cc(-c2ccc(N(C)C)cc2)sc1NC(=O)COC(=O)c1cccc(NSC)c1. The average Bonchev–Trinajstić information content (AvgIpc) is 3.27. The highest BCUT2D eigenvalue weighted by Gasteiger charge is 2.21. The Kier molecular flexibility index (Phi) is 9.16. The maximum Gasteiger partial charge on any atom is 0.341 e. The molecule has 0 bridgehead atoms. The predicted octanol–water partition coefficient (Wildman–Crippen LogP) is 5.14. The van der Waals surface area contributed by atoms with Gasteiger partial charge in [-0.2, -0.15) is 0 Å². The lowest BCUT2D eigenvalue weighted by Gasteiger charge is -2.12. The normalized spacial score (nSPS) is 10.4. The number of anilines is 3. The van der Waals surface area contributed by atoms with Crippen molar-refractivity contribution >= 4 is 57.5 Å². The van der Waals surface area contributed by atoms with Gasteiger partial charge in [-0.25, -0.2) is 9.59 Å². The molecule has 0 unspecified atom stereocenters. The number of benzene rings is 2. The van der Waals surface area contributed by atoms with Gasteiger partial charge in [0.25, 0.3) is 5.91 Å². The smallest absolute Gasteiger partial charge is 0.341 e. The summed E-state index contributed by atoms with van der Waals surface area (Å²) in [7, 11) is 3.91. The van der Waals surface area contributed by atoms with E-state index in [9.17, 15) is 14.4 Å². The number of ether oxygens (including phenoxy) is 2. The molecule has 10 heteroatoms. The molecule has 1 amide bonds. The molecule has 3 rings (SSSR count). The minimum atomic E-state index is -0.622. The molecule has 0 aliphatic rings. The average molecular weight is 514 g/mol. The fourth-order valence-electron chi connectivity index (χ4n) is 3.12. The molecular formula is C25H27N3O5S2. The highest BCUT2D eigenvalue weighted by atomic mass is 32.2. The van der Waals surface area contributed by atoms with Crippen molar-refractivity contribution in [3.8, 4) is 10.4 Å². The number of hydrogen-bond acceptors (Lipinski definition) is 9. The van der Waals surface area contributed by atoms with Gasteiger partial charge in [-0.05, 0) is 48.9 Å². The summed E-state index contributed by atoms with van der Waals surface area (Å²) in [5.74, 6) is -1.72. The van der Waals surface area contributed by atoms with Crippen LogP contribution in [0.25, 0.3) is 10.4 Å². The molecule has 2 N–H and O–H groups in total. The lowest BCUT2D eigenvalue weighted by atomic mass is 10.1. The van der Waals surface area contributed by atoms with Crippen molar-refractivity contribution in [3.63, 3.8) is 0 Å². The number of nitrogens with zero attached hydrogens (tertiary/aromatic N) is 1. The van der Waals surface area contributed by atoms with E-state index in [-0.39, 0.29) is 12.2 Å². The summed E-state index contributed by atoms with van der Waals surface area (Å²) < 4.78 is 13.4. The van der Waals surface area contributed by atoms with Gasteiger partial charge < -0.3 is 24.4 Å². The lowest BCUT2D eigenvalue weighted by molar-refractivity contribution is -0.119. The van der Waals surface area contributed by atoms with E-state index in [4.69, 9.17) is 9.47 Å². The highest BCUT2D eigenvalue weighted by Crippen LogP contribution is 2.36. The molecule has 1 aromatic heterocycles. The van der Waals surface area contributed by atoms with Crippen molar-refractivity contribution < 1.29 is 23.9 Å². The minimum absolute atomic E-state index is 0.205. The maximum absolute atomic E-state index is 12.6. The summed E-state index contributed by atoms with van der Waals surface area (Å²) in [5.41, 5.74) is 3.26. The lowest BCUT2D eigenvalue weighted by Crippen LogP contribution is -2.21. The van der Waals surface area contributed by atoms with Crippen LogP contribution in [-0.4, -0.2) is 51.4 Å². The summed E-state index contributed by atoms with van der Waals surface area (Å²) in [6.07, 6.45) is 1.87. The summed E-state index contributed by atoms with van der Waals surface area (Å²) in [6.45, 7) is 1.43. The molecule has 8 nitrogen and oxygen atoms in total. The number of hydrogen-bond donors (Lipinski definition) is 2. The van der Waals surface area contributed by atoms with Crippen molar-refractivity contribution in [2.24, 2.45) is 0 Å². The number of rotatable bonds is 10. The summed E-state index contributed by atoms with van der Waals surface area (Å²) in [5, 5.41) is 3.02. The first-order valence-electron chi connectivity index (χ1n) is 10.8. The fraction of sp³-hybridized carbons (Fsp3) is 0.240. The first-order valence-corrected chi connectivity index (χ1v) is 12.8. The van der Waals surface area contributed by atoms with Gasteiger partial charge in [-0.15, -0.1) is 11.3 Å². The Bertz CT molecular complexity index is 1190. The number of thiophene rings is 1. The van der Waals surface area contributed by atoms with Crippen LogP contribution >= 0.6 is 23.3 Å². The first-order chi connectivity index (χ1) is 16.8. The van der Waals surface area contributed by atoms with E-state index >= 15 is 0 Å². The third-order valence-corrected chi connectivity index (χ3v) is 6.34. The van der Waals surface area contributed by atoms with E-state index < -0.39 is 24.5 Å². The molecule has 0 spiro atoms. The molecule has 0 atom stereocenters. The van der Waals surface area contributed by atoms with Gasteiger partial charge in [-0.3, -0.25) is 4.79 Å². The van der Waals surface area contributed by atoms with Crippen LogP contribution in [-0.2, 0) is 14.3 Å². The second-order valence-corrected chi connectivity index (χ2v) is 9.19. The van der Waals surface area contributed by atoms with Crippen molar-refractivity contribution in [1.82, 2.24) is 0 Å². The first kappa shape index (κ1) is 26.1. The molecule has 0 aliphatic heterocycles. The van der Waals surface area contributed by atoms with Gasteiger partial charge in [0, 0.05) is 36.6 Å². The Morgan fingerprint density at radius 3 is 2.40 bits per heavy atom. The van der Waals surface area contributed by atoms with Crippen LogP contribution in [0.5, 0.6) is 0 Å². The Balaban J connectivity index is 1.72. The van der Waals surface area contributed by atoms with Gasteiger partial charge in [0.1, 0.15) is 5.00 Å². The molecule has 184 valence electrons. The van der Waals surface area contributed by atoms with Gasteiger partial charge in [-0.1, -0.05) is 30.1 Å². The van der Waals surface area contributed by atoms with E-state index in [1.54, 1.807) is 31.2 Å². The van der Waals surface area contributed by atoms with E-state index in [0.29, 0.717) is 10.6 Å². The van der Waals surface area contributed by atoms with Gasteiger partial charge in [0.05, 0.1) is 17.7 Å². The van der Waals surface area contributed by atoms with Crippen molar-refractivity contribution in [2.45, 2.75) is 6.92 Å². The van der Waals surface area contributed by atoms with Crippen LogP contribution in [0.2, 0.25) is 0 Å². The number of carbonyl (C=O) groups is 3. The zero-order valence-electron chi connectivity index (χ0n) is 19.9. The van der Waals surface area contributed by atoms with Gasteiger partial charge in [0.15, 0.2) is 6.61 Å². The Morgan fingerprint density at radius 2 is 1.74 bits per heavy atom. The van der Waals surface area contributed by atoms with Crippen LogP contribution < -0.4 is 14.9 Å². The van der Waals surface area contributed by atoms with Crippen molar-refractivity contribution in [3.05, 3.63) is 65.7 Å². The van der Waals surface area contributed by atoms with E-state index in [1.807, 2.05) is 55.6 Å². The van der Waals surface area contributed by atoms with E-state index in [1.165, 1.54) is 23.3 Å². The minimum Gasteiger partial charge on any atom is -0.462 e. The molecule has 3 aromatic rings. The monoisotopic (exact) mass is 513 g/mol. The number of carbonyl (C=O) groups excluding carboxylic acids is 3. The topological polar surface area (TPSA) is 97.0 Å². The summed E-state index contributed by atoms with van der Waals surface area (Å²) in [4.78, 5) is 40.2. The number of nitrogens with one attached hydrogen (secondary N) is 2. The molecule has 2 aromatic carbocycles. The molecule has 35 heavy (non-hydrogen) atoms. The largest absolute Gasteiger partial charge is 0.462 e. The van der Waals surface area contributed by atoms with Gasteiger partial charge >= 0.3 is 11.9 Å². The fourth-order valence-corrected chi connectivity index (χ4v) is 4.55. The summed E-state index contributed by atoms with van der Waals surface area (Å²) in [6, 6.07) is 16.3. The van der Waals surface area contributed by atoms with E-state index in [2.05, 4.69) is 10.0 Å². The molecule has 0 saturated carbocycles. The number of esters is 2. The number of amides is 1. The molecular weight excluding hydrogens is 486 g/mol.